The van der Waals surface area contributed by atoms with Crippen LogP contribution >= 0.6 is 0 Å². The Morgan fingerprint density at radius 1 is 1.33 bits per heavy atom. The van der Waals surface area contributed by atoms with Crippen molar-refractivity contribution in [2.75, 3.05) is 46.0 Å². The summed E-state index contributed by atoms with van der Waals surface area (Å²) in [5, 5.41) is 22.1. The maximum absolute atomic E-state index is 11.3. The molecule has 1 fully saturated rings. The minimum atomic E-state index is -1.27. The third-order valence-corrected chi connectivity index (χ3v) is 2.60. The van der Waals surface area contributed by atoms with Gasteiger partial charge in [0.05, 0.1) is 19.8 Å². The van der Waals surface area contributed by atoms with Crippen LogP contribution < -0.4 is 10.6 Å². The fourth-order valence-electron chi connectivity index (χ4n) is 1.55. The predicted molar refractivity (Wildman–Crippen MR) is 62.3 cm³/mol. The summed E-state index contributed by atoms with van der Waals surface area (Å²) < 4.78 is 5.19. The number of hydrogen-bond acceptors (Lipinski definition) is 5. The first-order chi connectivity index (χ1) is 8.63. The molecule has 1 heterocycles. The Labute approximate surface area is 105 Å². The molecule has 8 nitrogen and oxygen atoms in total. The van der Waals surface area contributed by atoms with Crippen molar-refractivity contribution in [1.29, 1.82) is 0 Å². The molecule has 0 aromatic rings. The molecule has 0 bridgehead atoms. The molecule has 0 aromatic carbocycles. The van der Waals surface area contributed by atoms with Gasteiger partial charge >= 0.3 is 12.0 Å². The van der Waals surface area contributed by atoms with Crippen LogP contribution in [0.3, 0.4) is 0 Å². The van der Waals surface area contributed by atoms with Gasteiger partial charge in [0.25, 0.3) is 0 Å². The monoisotopic (exact) mass is 261 g/mol. The molecule has 0 unspecified atom stereocenters. The molecule has 0 radical (unpaired) electrons. The van der Waals surface area contributed by atoms with E-state index in [1.165, 1.54) is 0 Å². The fourth-order valence-corrected chi connectivity index (χ4v) is 1.55. The summed E-state index contributed by atoms with van der Waals surface area (Å²) in [5.74, 6) is -1.26. The van der Waals surface area contributed by atoms with Crippen molar-refractivity contribution in [2.45, 2.75) is 6.04 Å². The molecular formula is C10H19N3O5. The lowest BCUT2D eigenvalue weighted by Gasteiger charge is -2.26. The van der Waals surface area contributed by atoms with E-state index in [-0.39, 0.29) is 0 Å². The molecule has 0 saturated carbocycles. The Kier molecular flexibility index (Phi) is 6.40. The third-order valence-electron chi connectivity index (χ3n) is 2.60. The molecule has 4 N–H and O–H groups in total. The van der Waals surface area contributed by atoms with Gasteiger partial charge in [0, 0.05) is 26.2 Å². The molecule has 0 aliphatic carbocycles. The first-order valence-electron chi connectivity index (χ1n) is 5.81. The Balaban J connectivity index is 2.14. The van der Waals surface area contributed by atoms with Crippen molar-refractivity contribution in [3.63, 3.8) is 0 Å². The average molecular weight is 261 g/mol. The van der Waals surface area contributed by atoms with Gasteiger partial charge in [0.2, 0.25) is 0 Å². The number of aliphatic carboxylic acids is 1. The van der Waals surface area contributed by atoms with Gasteiger partial charge in [-0.1, -0.05) is 0 Å². The molecule has 0 aromatic heterocycles. The summed E-state index contributed by atoms with van der Waals surface area (Å²) in [6, 6.07) is -1.86. The quantitative estimate of drug-likeness (QED) is 0.443. The van der Waals surface area contributed by atoms with E-state index in [0.29, 0.717) is 26.3 Å². The average Bonchev–Trinajstić information content (AvgIpc) is 2.37. The zero-order chi connectivity index (χ0) is 13.4. The van der Waals surface area contributed by atoms with Gasteiger partial charge in [-0.05, 0) is 0 Å². The number of ether oxygens (including phenoxy) is 1. The second-order valence-electron chi connectivity index (χ2n) is 3.93. The standard InChI is InChI=1S/C10H19N3O5/c14-7-8(9(15)16)12-10(17)11-1-2-13-3-5-18-6-4-13/h8,14H,1-7H2,(H,15,16)(H2,11,12,17)/t8-/m0/s1. The van der Waals surface area contributed by atoms with Crippen molar-refractivity contribution in [1.82, 2.24) is 15.5 Å². The molecule has 0 spiro atoms. The van der Waals surface area contributed by atoms with Gasteiger partial charge in [-0.25, -0.2) is 9.59 Å². The number of amides is 2. The highest BCUT2D eigenvalue weighted by Gasteiger charge is 2.18. The lowest BCUT2D eigenvalue weighted by Crippen LogP contribution is -2.49. The number of aliphatic hydroxyl groups excluding tert-OH is 1. The predicted octanol–water partition coefficient (Wildman–Crippen LogP) is -1.94. The van der Waals surface area contributed by atoms with E-state index < -0.39 is 24.6 Å². The largest absolute Gasteiger partial charge is 0.480 e. The number of urea groups is 1. The van der Waals surface area contributed by atoms with Crippen LogP contribution in [-0.2, 0) is 9.53 Å². The van der Waals surface area contributed by atoms with Gasteiger partial charge in [-0.2, -0.15) is 0 Å². The van der Waals surface area contributed by atoms with E-state index >= 15 is 0 Å². The Hall–Kier alpha value is -1.38. The van der Waals surface area contributed by atoms with Gasteiger partial charge < -0.3 is 25.6 Å². The molecule has 8 heteroatoms. The van der Waals surface area contributed by atoms with Gasteiger partial charge in [0.15, 0.2) is 6.04 Å². The zero-order valence-electron chi connectivity index (χ0n) is 10.1. The summed E-state index contributed by atoms with van der Waals surface area (Å²) >= 11 is 0. The first kappa shape index (κ1) is 14.7. The molecular weight excluding hydrogens is 242 g/mol. The summed E-state index contributed by atoms with van der Waals surface area (Å²) in [7, 11) is 0. The van der Waals surface area contributed by atoms with Gasteiger partial charge in [-0.15, -0.1) is 0 Å². The van der Waals surface area contributed by atoms with Crippen molar-refractivity contribution < 1.29 is 24.5 Å². The number of carbonyl (C=O) groups excluding carboxylic acids is 1. The van der Waals surface area contributed by atoms with Crippen LogP contribution in [-0.4, -0.2) is 79.2 Å². The van der Waals surface area contributed by atoms with E-state index in [9.17, 15) is 9.59 Å². The number of nitrogens with zero attached hydrogens (tertiary/aromatic N) is 1. The maximum Gasteiger partial charge on any atom is 0.328 e. The van der Waals surface area contributed by atoms with Gasteiger partial charge in [0.1, 0.15) is 0 Å². The maximum atomic E-state index is 11.3. The van der Waals surface area contributed by atoms with Crippen LogP contribution in [0, 0.1) is 0 Å². The number of carbonyl (C=O) groups is 2. The lowest BCUT2D eigenvalue weighted by molar-refractivity contribution is -0.140. The number of hydrogen-bond donors (Lipinski definition) is 4. The highest BCUT2D eigenvalue weighted by Crippen LogP contribution is 1.94. The topological polar surface area (TPSA) is 111 Å². The number of rotatable bonds is 6. The smallest absolute Gasteiger partial charge is 0.328 e. The minimum absolute atomic E-state index is 0.420. The number of morpholine rings is 1. The number of aliphatic hydroxyl groups is 1. The SMILES string of the molecule is O=C(NCCN1CCOCC1)N[C@@H](CO)C(=O)O. The molecule has 1 saturated heterocycles. The minimum Gasteiger partial charge on any atom is -0.480 e. The molecule has 18 heavy (non-hydrogen) atoms. The second kappa shape index (κ2) is 7.85. The van der Waals surface area contributed by atoms with Crippen molar-refractivity contribution >= 4 is 12.0 Å². The van der Waals surface area contributed by atoms with E-state index in [1.54, 1.807) is 0 Å². The molecule has 1 aliphatic rings. The van der Waals surface area contributed by atoms with Crippen LogP contribution in [0.1, 0.15) is 0 Å². The van der Waals surface area contributed by atoms with E-state index in [4.69, 9.17) is 14.9 Å². The van der Waals surface area contributed by atoms with Crippen molar-refractivity contribution in [3.8, 4) is 0 Å². The highest BCUT2D eigenvalue weighted by molar-refractivity contribution is 5.82. The van der Waals surface area contributed by atoms with Crippen LogP contribution in [0.15, 0.2) is 0 Å². The molecule has 104 valence electrons. The van der Waals surface area contributed by atoms with Crippen molar-refractivity contribution in [2.24, 2.45) is 0 Å². The Morgan fingerprint density at radius 2 is 2.00 bits per heavy atom. The summed E-state index contributed by atoms with van der Waals surface area (Å²) in [5.41, 5.74) is 0. The number of carboxylic acids is 1. The fraction of sp³-hybridized carbons (Fsp3) is 0.800. The number of carboxylic acid groups (broad SMARTS) is 1. The van der Waals surface area contributed by atoms with Gasteiger partial charge in [-0.3, -0.25) is 4.90 Å². The summed E-state index contributed by atoms with van der Waals surface area (Å²) in [6.07, 6.45) is 0. The lowest BCUT2D eigenvalue weighted by atomic mass is 10.3. The molecule has 2 amide bonds. The Morgan fingerprint density at radius 3 is 2.56 bits per heavy atom. The number of nitrogens with one attached hydrogen (secondary N) is 2. The third kappa shape index (κ3) is 5.30. The Bertz CT molecular complexity index is 281. The van der Waals surface area contributed by atoms with Crippen LogP contribution in [0.25, 0.3) is 0 Å². The highest BCUT2D eigenvalue weighted by atomic mass is 16.5. The van der Waals surface area contributed by atoms with Crippen LogP contribution in [0.4, 0.5) is 4.79 Å². The van der Waals surface area contributed by atoms with E-state index in [2.05, 4.69) is 15.5 Å². The first-order valence-corrected chi connectivity index (χ1v) is 5.81. The van der Waals surface area contributed by atoms with E-state index in [1.807, 2.05) is 0 Å². The normalized spacial score (nSPS) is 18.1. The summed E-state index contributed by atoms with van der Waals surface area (Å²) in [4.78, 5) is 24.0. The molecule has 1 atom stereocenters. The van der Waals surface area contributed by atoms with E-state index in [0.717, 1.165) is 13.1 Å². The molecule has 1 aliphatic heterocycles. The summed E-state index contributed by atoms with van der Waals surface area (Å²) in [6.45, 7) is 3.52. The second-order valence-corrected chi connectivity index (χ2v) is 3.93. The van der Waals surface area contributed by atoms with Crippen LogP contribution in [0.5, 0.6) is 0 Å². The molecule has 1 rings (SSSR count). The van der Waals surface area contributed by atoms with Crippen molar-refractivity contribution in [3.05, 3.63) is 0 Å². The zero-order valence-corrected chi connectivity index (χ0v) is 10.1. The van der Waals surface area contributed by atoms with Crippen LogP contribution in [0.2, 0.25) is 0 Å².